The maximum Gasteiger partial charge on any atom is 0.336 e. The van der Waals surface area contributed by atoms with E-state index >= 15 is 0 Å². The molecule has 108 valence electrons. The summed E-state index contributed by atoms with van der Waals surface area (Å²) in [5.74, 6) is -0.384. The molecule has 0 bridgehead atoms. The fourth-order valence-electron chi connectivity index (χ4n) is 2.92. The van der Waals surface area contributed by atoms with Crippen molar-refractivity contribution in [2.45, 2.75) is 12.8 Å². The Kier molecular flexibility index (Phi) is 3.29. The average molecular weight is 282 g/mol. The predicted molar refractivity (Wildman–Crippen MR) is 82.8 cm³/mol. The molecule has 2 heterocycles. The van der Waals surface area contributed by atoms with Gasteiger partial charge in [0.05, 0.1) is 12.7 Å². The molecule has 0 fully saturated rings. The van der Waals surface area contributed by atoms with Crippen LogP contribution in [0, 0.1) is 6.92 Å². The standard InChI is InChI=1S/C17H18N2O2/c1-11-16(13-6-4-5-7-15(13)18-11)12-8-9-19(2)10-14(12)17(20)21-3/h4-10,12,18H,1-3H3. The van der Waals surface area contributed by atoms with Crippen LogP contribution in [0.2, 0.25) is 0 Å². The SMILES string of the molecule is COC(=O)C1=CN(C)C=CC1c1c(C)[nH]c2ccccc12. The largest absolute Gasteiger partial charge is 0.466 e. The van der Waals surface area contributed by atoms with Gasteiger partial charge in [0.2, 0.25) is 0 Å². The third-order valence-corrected chi connectivity index (χ3v) is 3.87. The number of nitrogens with one attached hydrogen (secondary N) is 1. The van der Waals surface area contributed by atoms with Gasteiger partial charge in [-0.2, -0.15) is 0 Å². The van der Waals surface area contributed by atoms with E-state index in [0.29, 0.717) is 5.57 Å². The smallest absolute Gasteiger partial charge is 0.336 e. The van der Waals surface area contributed by atoms with Gasteiger partial charge >= 0.3 is 5.97 Å². The highest BCUT2D eigenvalue weighted by atomic mass is 16.5. The Morgan fingerprint density at radius 3 is 2.86 bits per heavy atom. The summed E-state index contributed by atoms with van der Waals surface area (Å²) in [6.45, 7) is 2.04. The van der Waals surface area contributed by atoms with Gasteiger partial charge in [-0.3, -0.25) is 0 Å². The fourth-order valence-corrected chi connectivity index (χ4v) is 2.92. The molecule has 2 aromatic rings. The quantitative estimate of drug-likeness (QED) is 0.861. The van der Waals surface area contributed by atoms with Gasteiger partial charge in [-0.25, -0.2) is 4.79 Å². The summed E-state index contributed by atoms with van der Waals surface area (Å²) in [5.41, 5.74) is 3.94. The Hall–Kier alpha value is -2.49. The van der Waals surface area contributed by atoms with Crippen LogP contribution in [0.1, 0.15) is 17.2 Å². The van der Waals surface area contributed by atoms with Gasteiger partial charge in [0.25, 0.3) is 0 Å². The number of hydrogen-bond acceptors (Lipinski definition) is 3. The zero-order valence-electron chi connectivity index (χ0n) is 12.4. The molecule has 0 aliphatic carbocycles. The van der Waals surface area contributed by atoms with E-state index in [4.69, 9.17) is 4.74 Å². The first-order valence-electron chi connectivity index (χ1n) is 6.89. The molecule has 0 saturated heterocycles. The number of H-pyrrole nitrogens is 1. The fraction of sp³-hybridized carbons (Fsp3) is 0.235. The minimum absolute atomic E-state index is 0.0928. The third kappa shape index (κ3) is 2.23. The van der Waals surface area contributed by atoms with Crippen LogP contribution in [0.25, 0.3) is 10.9 Å². The lowest BCUT2D eigenvalue weighted by Crippen LogP contribution is -2.20. The average Bonchev–Trinajstić information content (AvgIpc) is 2.82. The van der Waals surface area contributed by atoms with Crippen molar-refractivity contribution in [1.82, 2.24) is 9.88 Å². The van der Waals surface area contributed by atoms with Crippen molar-refractivity contribution in [3.05, 3.63) is 59.6 Å². The van der Waals surface area contributed by atoms with E-state index < -0.39 is 0 Å². The number of carbonyl (C=O) groups excluding carboxylic acids is 1. The summed E-state index contributed by atoms with van der Waals surface area (Å²) in [6.07, 6.45) is 5.84. The Morgan fingerprint density at radius 2 is 2.10 bits per heavy atom. The Labute approximate surface area is 123 Å². The number of aromatic amines is 1. The molecule has 0 saturated carbocycles. The van der Waals surface area contributed by atoms with Crippen molar-refractivity contribution >= 4 is 16.9 Å². The highest BCUT2D eigenvalue weighted by Crippen LogP contribution is 2.36. The lowest BCUT2D eigenvalue weighted by molar-refractivity contribution is -0.136. The van der Waals surface area contributed by atoms with Gasteiger partial charge < -0.3 is 14.6 Å². The van der Waals surface area contributed by atoms with Crippen LogP contribution in [-0.4, -0.2) is 30.0 Å². The van der Waals surface area contributed by atoms with Crippen LogP contribution in [-0.2, 0) is 9.53 Å². The number of methoxy groups -OCH3 is 1. The molecule has 4 nitrogen and oxygen atoms in total. The van der Waals surface area contributed by atoms with E-state index in [-0.39, 0.29) is 11.9 Å². The summed E-state index contributed by atoms with van der Waals surface area (Å²) in [7, 11) is 3.32. The van der Waals surface area contributed by atoms with Crippen molar-refractivity contribution < 1.29 is 9.53 Å². The van der Waals surface area contributed by atoms with Crippen molar-refractivity contribution in [3.63, 3.8) is 0 Å². The highest BCUT2D eigenvalue weighted by Gasteiger charge is 2.27. The number of nitrogens with zero attached hydrogens (tertiary/aromatic N) is 1. The van der Waals surface area contributed by atoms with E-state index in [1.165, 1.54) is 7.11 Å². The zero-order chi connectivity index (χ0) is 15.0. The molecule has 0 amide bonds. The second kappa shape index (κ2) is 5.13. The van der Waals surface area contributed by atoms with Crippen molar-refractivity contribution in [2.24, 2.45) is 0 Å². The van der Waals surface area contributed by atoms with Crippen molar-refractivity contribution in [3.8, 4) is 0 Å². The molecular formula is C17H18N2O2. The molecule has 1 aliphatic rings. The van der Waals surface area contributed by atoms with Gasteiger partial charge in [0.1, 0.15) is 0 Å². The summed E-state index contributed by atoms with van der Waals surface area (Å²) in [6, 6.07) is 8.14. The van der Waals surface area contributed by atoms with E-state index in [1.54, 1.807) is 0 Å². The molecule has 1 aliphatic heterocycles. The second-order valence-electron chi connectivity index (χ2n) is 5.27. The number of carbonyl (C=O) groups is 1. The van der Waals surface area contributed by atoms with Crippen LogP contribution in [0.5, 0.6) is 0 Å². The van der Waals surface area contributed by atoms with Crippen LogP contribution in [0.15, 0.2) is 48.3 Å². The molecular weight excluding hydrogens is 264 g/mol. The molecule has 21 heavy (non-hydrogen) atoms. The second-order valence-corrected chi connectivity index (χ2v) is 5.27. The van der Waals surface area contributed by atoms with Gasteiger partial charge in [0, 0.05) is 42.0 Å². The van der Waals surface area contributed by atoms with E-state index in [2.05, 4.69) is 11.1 Å². The summed E-state index contributed by atoms with van der Waals surface area (Å²) in [5, 5.41) is 1.14. The zero-order valence-corrected chi connectivity index (χ0v) is 12.4. The van der Waals surface area contributed by atoms with E-state index in [9.17, 15) is 4.79 Å². The number of esters is 1. The Balaban J connectivity index is 2.16. The lowest BCUT2D eigenvalue weighted by atomic mass is 9.88. The van der Waals surface area contributed by atoms with Crippen molar-refractivity contribution in [2.75, 3.05) is 14.2 Å². The Bertz CT molecular complexity index is 755. The number of ether oxygens (including phenoxy) is 1. The van der Waals surface area contributed by atoms with Gasteiger partial charge in [-0.15, -0.1) is 0 Å². The third-order valence-electron chi connectivity index (χ3n) is 3.87. The summed E-state index contributed by atoms with van der Waals surface area (Å²) < 4.78 is 4.94. The topological polar surface area (TPSA) is 45.3 Å². The molecule has 1 atom stereocenters. The number of rotatable bonds is 2. The molecule has 1 unspecified atom stereocenters. The van der Waals surface area contributed by atoms with Crippen LogP contribution < -0.4 is 0 Å². The molecule has 0 radical (unpaired) electrons. The van der Waals surface area contributed by atoms with Crippen LogP contribution in [0.4, 0.5) is 0 Å². The minimum Gasteiger partial charge on any atom is -0.466 e. The number of aromatic nitrogens is 1. The van der Waals surface area contributed by atoms with Gasteiger partial charge in [-0.1, -0.05) is 24.3 Å². The summed E-state index contributed by atoms with van der Waals surface area (Å²) >= 11 is 0. The van der Waals surface area contributed by atoms with Gasteiger partial charge in [-0.05, 0) is 18.6 Å². The number of allylic oxidation sites excluding steroid dienone is 1. The number of para-hydroxylation sites is 1. The first kappa shape index (κ1) is 13.5. The molecule has 1 N–H and O–H groups in total. The highest BCUT2D eigenvalue weighted by molar-refractivity contribution is 5.94. The monoisotopic (exact) mass is 282 g/mol. The molecule has 3 rings (SSSR count). The van der Waals surface area contributed by atoms with E-state index in [0.717, 1.165) is 22.2 Å². The van der Waals surface area contributed by atoms with Crippen LogP contribution in [0.3, 0.4) is 0 Å². The lowest BCUT2D eigenvalue weighted by Gasteiger charge is -2.23. The normalized spacial score (nSPS) is 18.0. The number of fused-ring (bicyclic) bond motifs is 1. The first-order chi connectivity index (χ1) is 10.1. The minimum atomic E-state index is -0.291. The predicted octanol–water partition coefficient (Wildman–Crippen LogP) is 3.08. The molecule has 4 heteroatoms. The van der Waals surface area contributed by atoms with E-state index in [1.807, 2.05) is 55.5 Å². The molecule has 1 aromatic heterocycles. The van der Waals surface area contributed by atoms with Crippen LogP contribution >= 0.6 is 0 Å². The molecule has 0 spiro atoms. The number of aryl methyl sites for hydroxylation is 1. The number of hydrogen-bond donors (Lipinski definition) is 1. The first-order valence-corrected chi connectivity index (χ1v) is 6.89. The number of benzene rings is 1. The molecule has 1 aromatic carbocycles. The Morgan fingerprint density at radius 1 is 1.33 bits per heavy atom. The summed E-state index contributed by atoms with van der Waals surface area (Å²) in [4.78, 5) is 17.4. The maximum atomic E-state index is 12.1. The van der Waals surface area contributed by atoms with Crippen molar-refractivity contribution in [1.29, 1.82) is 0 Å². The van der Waals surface area contributed by atoms with Gasteiger partial charge in [0.15, 0.2) is 0 Å². The maximum absolute atomic E-state index is 12.1.